The molecule has 0 saturated heterocycles. The molecule has 0 rings (SSSR count). The molecule has 0 bridgehead atoms. The molecule has 0 aromatic carbocycles. The van der Waals surface area contributed by atoms with Crippen LogP contribution in [0.5, 0.6) is 0 Å². The molecule has 0 aliphatic rings. The number of carbonyl (C=O) groups excluding carboxylic acids is 3. The first-order valence-electron chi connectivity index (χ1n) is 34.9. The van der Waals surface area contributed by atoms with E-state index in [0.29, 0.717) is 19.3 Å². The van der Waals surface area contributed by atoms with E-state index in [2.05, 4.69) is 130 Å². The Bertz CT molecular complexity index is 1640. The van der Waals surface area contributed by atoms with Gasteiger partial charge in [-0.1, -0.05) is 329 Å². The van der Waals surface area contributed by atoms with Gasteiger partial charge in [0.05, 0.1) is 0 Å². The van der Waals surface area contributed by atoms with E-state index in [0.717, 1.165) is 103 Å². The smallest absolute Gasteiger partial charge is 0.306 e. The molecular weight excluding hydrogens is 1010 g/mol. The van der Waals surface area contributed by atoms with Crippen molar-refractivity contribution in [2.75, 3.05) is 13.2 Å². The molecule has 0 aromatic rings. The van der Waals surface area contributed by atoms with Gasteiger partial charge in [-0.2, -0.15) is 0 Å². The van der Waals surface area contributed by atoms with Gasteiger partial charge in [0.2, 0.25) is 0 Å². The molecule has 0 aliphatic carbocycles. The third-order valence-electron chi connectivity index (χ3n) is 15.0. The maximum absolute atomic E-state index is 12.9. The molecule has 82 heavy (non-hydrogen) atoms. The van der Waals surface area contributed by atoms with Crippen LogP contribution in [-0.2, 0) is 28.6 Å². The van der Waals surface area contributed by atoms with Crippen molar-refractivity contribution in [2.45, 2.75) is 341 Å². The maximum atomic E-state index is 12.9. The van der Waals surface area contributed by atoms with Crippen molar-refractivity contribution in [2.24, 2.45) is 0 Å². The highest BCUT2D eigenvalue weighted by molar-refractivity contribution is 5.71. The molecule has 0 N–H and O–H groups in total. The number of unbranched alkanes of at least 4 members (excludes halogenated alkanes) is 34. The summed E-state index contributed by atoms with van der Waals surface area (Å²) < 4.78 is 16.9. The summed E-state index contributed by atoms with van der Waals surface area (Å²) in [5.74, 6) is -0.939. The van der Waals surface area contributed by atoms with Crippen molar-refractivity contribution < 1.29 is 28.6 Å². The number of esters is 3. The fourth-order valence-electron chi connectivity index (χ4n) is 9.88. The summed E-state index contributed by atoms with van der Waals surface area (Å²) >= 11 is 0. The number of carbonyl (C=O) groups is 3. The summed E-state index contributed by atoms with van der Waals surface area (Å²) in [4.78, 5) is 38.4. The molecule has 0 heterocycles. The quantitative estimate of drug-likeness (QED) is 0.0261. The van der Waals surface area contributed by atoms with E-state index in [4.69, 9.17) is 14.2 Å². The van der Waals surface area contributed by atoms with E-state index < -0.39 is 6.10 Å². The maximum Gasteiger partial charge on any atom is 0.306 e. The first-order chi connectivity index (χ1) is 40.5. The first-order valence-corrected chi connectivity index (χ1v) is 34.9. The Kier molecular flexibility index (Phi) is 66.2. The molecule has 0 fully saturated rings. The molecule has 0 spiro atoms. The number of hydrogen-bond acceptors (Lipinski definition) is 6. The fourth-order valence-corrected chi connectivity index (χ4v) is 9.88. The summed E-state index contributed by atoms with van der Waals surface area (Å²) in [7, 11) is 0. The van der Waals surface area contributed by atoms with Crippen molar-refractivity contribution in [1.82, 2.24) is 0 Å². The topological polar surface area (TPSA) is 78.9 Å². The zero-order valence-corrected chi connectivity index (χ0v) is 54.0. The fraction of sp³-hybridized carbons (Fsp3) is 0.724. The van der Waals surface area contributed by atoms with Crippen molar-refractivity contribution in [1.29, 1.82) is 0 Å². The SMILES string of the molecule is CC/C=C\C/C=C\C/C=C\C/C=C\C/C=C\CCCC(=O)OC(COC(=O)CCCCCCCCCCCCCCCCCC)COC(=O)CCCCCCCCCCCCCCCCCCCC/C=C\C/C=C\C/C=C\C/C=C\CC. The Labute approximate surface area is 508 Å². The lowest BCUT2D eigenvalue weighted by molar-refractivity contribution is -0.167. The van der Waals surface area contributed by atoms with Crippen molar-refractivity contribution in [3.63, 3.8) is 0 Å². The minimum absolute atomic E-state index is 0.0964. The third-order valence-corrected chi connectivity index (χ3v) is 15.0. The average Bonchev–Trinajstić information content (AvgIpc) is 3.47. The predicted octanol–water partition coefficient (Wildman–Crippen LogP) is 24.2. The molecule has 470 valence electrons. The molecule has 0 aliphatic heterocycles. The summed E-state index contributed by atoms with van der Waals surface area (Å²) in [6, 6.07) is 0. The summed E-state index contributed by atoms with van der Waals surface area (Å²) in [5, 5.41) is 0. The standard InChI is InChI=1S/C76H130O6/c1-4-7-10-13-16-19-22-25-28-31-32-33-34-35-36-37-38-39-40-41-42-43-44-46-48-51-54-57-60-63-66-69-75(78)81-72-73(71-80-74(77)68-65-62-59-56-53-50-47-30-27-24-21-18-15-12-9-6-3)82-76(79)70-67-64-61-58-55-52-49-45-29-26-23-20-17-14-11-8-5-2/h7-8,10-11,16-17,19-20,25-26,28-29,32-33,49,52,58,61,73H,4-6,9,12-15,18,21-24,27,30-31,34-48,50-51,53-57,59-60,62-72H2,1-3H3/b10-7-,11-8-,19-16-,20-17-,28-25-,29-26-,33-32-,52-49-,61-58-. The zero-order valence-electron chi connectivity index (χ0n) is 54.0. The van der Waals surface area contributed by atoms with Gasteiger partial charge in [0.1, 0.15) is 13.2 Å². The molecule has 0 saturated carbocycles. The van der Waals surface area contributed by atoms with Crippen molar-refractivity contribution in [3.8, 4) is 0 Å². The molecule has 0 aromatic heterocycles. The van der Waals surface area contributed by atoms with Crippen molar-refractivity contribution >= 4 is 17.9 Å². The van der Waals surface area contributed by atoms with Crippen LogP contribution >= 0.6 is 0 Å². The van der Waals surface area contributed by atoms with Crippen LogP contribution in [0.3, 0.4) is 0 Å². The lowest BCUT2D eigenvalue weighted by atomic mass is 10.0. The zero-order chi connectivity index (χ0) is 59.2. The highest BCUT2D eigenvalue weighted by Crippen LogP contribution is 2.17. The van der Waals surface area contributed by atoms with E-state index in [1.165, 1.54) is 186 Å². The van der Waals surface area contributed by atoms with Crippen LogP contribution < -0.4 is 0 Å². The highest BCUT2D eigenvalue weighted by atomic mass is 16.6. The monoisotopic (exact) mass is 1140 g/mol. The largest absolute Gasteiger partial charge is 0.462 e. The van der Waals surface area contributed by atoms with Crippen molar-refractivity contribution in [3.05, 3.63) is 109 Å². The van der Waals surface area contributed by atoms with Crippen LogP contribution in [0.25, 0.3) is 0 Å². The Morgan fingerprint density at radius 1 is 0.256 bits per heavy atom. The number of hydrogen-bond donors (Lipinski definition) is 0. The average molecular weight is 1140 g/mol. The van der Waals surface area contributed by atoms with Crippen LogP contribution in [-0.4, -0.2) is 37.2 Å². The third kappa shape index (κ3) is 66.9. The van der Waals surface area contributed by atoms with Gasteiger partial charge < -0.3 is 14.2 Å². The molecule has 1 atom stereocenters. The second kappa shape index (κ2) is 69.6. The molecule has 1 unspecified atom stereocenters. The summed E-state index contributed by atoms with van der Waals surface area (Å²) in [6.07, 6.45) is 95.6. The first kappa shape index (κ1) is 78.1. The second-order valence-electron chi connectivity index (χ2n) is 23.0. The number of rotatable bonds is 63. The predicted molar refractivity (Wildman–Crippen MR) is 357 cm³/mol. The summed E-state index contributed by atoms with van der Waals surface area (Å²) in [6.45, 7) is 6.41. The normalized spacial score (nSPS) is 12.8. The summed E-state index contributed by atoms with van der Waals surface area (Å²) in [5.41, 5.74) is 0. The molecule has 0 amide bonds. The lowest BCUT2D eigenvalue weighted by Crippen LogP contribution is -2.30. The minimum Gasteiger partial charge on any atom is -0.462 e. The van der Waals surface area contributed by atoms with Crippen LogP contribution in [0.4, 0.5) is 0 Å². The van der Waals surface area contributed by atoms with Crippen LogP contribution in [0.2, 0.25) is 0 Å². The number of allylic oxidation sites excluding steroid dienone is 18. The van der Waals surface area contributed by atoms with Gasteiger partial charge in [-0.15, -0.1) is 0 Å². The highest BCUT2D eigenvalue weighted by Gasteiger charge is 2.19. The second-order valence-corrected chi connectivity index (χ2v) is 23.0. The minimum atomic E-state index is -0.807. The Hall–Kier alpha value is -3.93. The van der Waals surface area contributed by atoms with E-state index in [1.807, 2.05) is 0 Å². The molecule has 6 nitrogen and oxygen atoms in total. The van der Waals surface area contributed by atoms with Gasteiger partial charge in [0.25, 0.3) is 0 Å². The Balaban J connectivity index is 4.27. The van der Waals surface area contributed by atoms with Gasteiger partial charge >= 0.3 is 17.9 Å². The van der Waals surface area contributed by atoms with E-state index in [9.17, 15) is 14.4 Å². The Morgan fingerprint density at radius 2 is 0.488 bits per heavy atom. The van der Waals surface area contributed by atoms with E-state index in [-0.39, 0.29) is 37.5 Å². The van der Waals surface area contributed by atoms with Gasteiger partial charge in [-0.3, -0.25) is 14.4 Å². The van der Waals surface area contributed by atoms with E-state index in [1.54, 1.807) is 0 Å². The van der Waals surface area contributed by atoms with Gasteiger partial charge in [0.15, 0.2) is 6.10 Å². The van der Waals surface area contributed by atoms with Gasteiger partial charge in [0, 0.05) is 19.3 Å². The lowest BCUT2D eigenvalue weighted by Gasteiger charge is -2.18. The Morgan fingerprint density at radius 3 is 0.780 bits per heavy atom. The van der Waals surface area contributed by atoms with Crippen LogP contribution in [0.15, 0.2) is 109 Å². The molecule has 0 radical (unpaired) electrons. The van der Waals surface area contributed by atoms with Gasteiger partial charge in [-0.05, 0) is 96.3 Å². The van der Waals surface area contributed by atoms with Crippen LogP contribution in [0, 0.1) is 0 Å². The van der Waals surface area contributed by atoms with Crippen LogP contribution in [0.1, 0.15) is 335 Å². The number of ether oxygens (including phenoxy) is 3. The van der Waals surface area contributed by atoms with E-state index >= 15 is 0 Å². The van der Waals surface area contributed by atoms with Gasteiger partial charge in [-0.25, -0.2) is 0 Å². The molecular formula is C76H130O6. The molecule has 6 heteroatoms.